The topological polar surface area (TPSA) is 145 Å². The van der Waals surface area contributed by atoms with E-state index in [0.29, 0.717) is 0 Å². The van der Waals surface area contributed by atoms with Crippen LogP contribution >= 0.6 is 0 Å². The molecule has 0 aromatic heterocycles. The zero-order valence-corrected chi connectivity index (χ0v) is 11.8. The second-order valence-electron chi connectivity index (χ2n) is 3.74. The van der Waals surface area contributed by atoms with Gasteiger partial charge in [0, 0.05) is 6.54 Å². The van der Waals surface area contributed by atoms with Gasteiger partial charge in [-0.05, 0) is 18.2 Å². The maximum atomic E-state index is 12.0. The number of aromatic carboxylic acids is 1. The van der Waals surface area contributed by atoms with Gasteiger partial charge in [0.2, 0.25) is 10.0 Å². The number of carboxylic acid groups (broad SMARTS) is 1. The molecule has 0 fully saturated rings. The molecule has 0 spiro atoms. The van der Waals surface area contributed by atoms with E-state index in [4.69, 9.17) is 15.6 Å². The van der Waals surface area contributed by atoms with E-state index in [1.54, 1.807) is 0 Å². The second kappa shape index (κ2) is 6.90. The van der Waals surface area contributed by atoms with Crippen LogP contribution < -0.4 is 15.2 Å². The number of hydrogen-bond acceptors (Lipinski definition) is 6. The number of carbonyl (C=O) groups is 2. The first-order valence-electron chi connectivity index (χ1n) is 5.61. The number of nitrogens with two attached hydrogens (primary N) is 1. The van der Waals surface area contributed by atoms with Crippen LogP contribution in [0.2, 0.25) is 0 Å². The van der Waals surface area contributed by atoms with E-state index in [2.05, 4.69) is 9.46 Å². The predicted octanol–water partition coefficient (Wildman–Crippen LogP) is -0.233. The van der Waals surface area contributed by atoms with Crippen molar-refractivity contribution in [2.75, 3.05) is 20.3 Å². The maximum absolute atomic E-state index is 12.0. The van der Waals surface area contributed by atoms with E-state index >= 15 is 0 Å². The van der Waals surface area contributed by atoms with E-state index in [1.165, 1.54) is 7.11 Å². The minimum absolute atomic E-state index is 0.108. The minimum Gasteiger partial charge on any atom is -0.495 e. The number of sulfonamides is 1. The third-order valence-corrected chi connectivity index (χ3v) is 3.84. The monoisotopic (exact) mass is 318 g/mol. The number of nitrogens with one attached hydrogen (secondary N) is 1. The number of rotatable bonds is 7. The fourth-order valence-electron chi connectivity index (χ4n) is 1.43. The average Bonchev–Trinajstić information content (AvgIpc) is 2.42. The van der Waals surface area contributed by atoms with Crippen LogP contribution in [-0.4, -0.2) is 45.8 Å². The molecule has 0 bridgehead atoms. The van der Waals surface area contributed by atoms with Gasteiger partial charge in [-0.15, -0.1) is 0 Å². The average molecular weight is 318 g/mol. The van der Waals surface area contributed by atoms with Crippen LogP contribution in [0.3, 0.4) is 0 Å². The van der Waals surface area contributed by atoms with Gasteiger partial charge in [-0.1, -0.05) is 0 Å². The molecule has 0 saturated heterocycles. The van der Waals surface area contributed by atoms with Crippen LogP contribution in [-0.2, 0) is 14.8 Å². The Morgan fingerprint density at radius 2 is 2.05 bits per heavy atom. The summed E-state index contributed by atoms with van der Waals surface area (Å²) in [5.41, 5.74) is 4.62. The van der Waals surface area contributed by atoms with Crippen LogP contribution in [0.15, 0.2) is 23.1 Å². The van der Waals surface area contributed by atoms with Crippen molar-refractivity contribution in [1.29, 1.82) is 0 Å². The Balaban J connectivity index is 2.92. The highest BCUT2D eigenvalue weighted by molar-refractivity contribution is 7.89. The molecule has 9 nitrogen and oxygen atoms in total. The Labute approximate surface area is 120 Å². The van der Waals surface area contributed by atoms with Crippen LogP contribution in [0.25, 0.3) is 0 Å². The van der Waals surface area contributed by atoms with Gasteiger partial charge in [-0.25, -0.2) is 22.7 Å². The standard InChI is InChI=1S/C11H14N2O7S/c1-19-8-6-7(10(14)15)2-3-9(8)21(17,18)13-4-5-20-11(12)16/h2-3,6,13H,4-5H2,1H3,(H2,12,16)(H,14,15). The van der Waals surface area contributed by atoms with Gasteiger partial charge in [-0.2, -0.15) is 0 Å². The normalized spacial score (nSPS) is 10.9. The Morgan fingerprint density at radius 1 is 1.38 bits per heavy atom. The molecule has 21 heavy (non-hydrogen) atoms. The predicted molar refractivity (Wildman–Crippen MR) is 70.7 cm³/mol. The number of hydrogen-bond donors (Lipinski definition) is 3. The van der Waals surface area contributed by atoms with Crippen molar-refractivity contribution in [3.63, 3.8) is 0 Å². The fraction of sp³-hybridized carbons (Fsp3) is 0.273. The molecule has 116 valence electrons. The Morgan fingerprint density at radius 3 is 2.57 bits per heavy atom. The summed E-state index contributed by atoms with van der Waals surface area (Å²) in [7, 11) is -2.73. The van der Waals surface area contributed by atoms with Crippen molar-refractivity contribution in [1.82, 2.24) is 4.72 Å². The number of carbonyl (C=O) groups excluding carboxylic acids is 1. The van der Waals surface area contributed by atoms with E-state index < -0.39 is 22.1 Å². The minimum atomic E-state index is -3.94. The summed E-state index contributed by atoms with van der Waals surface area (Å²) in [4.78, 5) is 20.9. The lowest BCUT2D eigenvalue weighted by atomic mass is 10.2. The summed E-state index contributed by atoms with van der Waals surface area (Å²) in [5, 5.41) is 8.84. The molecule has 0 aliphatic rings. The van der Waals surface area contributed by atoms with Gasteiger partial charge in [0.15, 0.2) is 0 Å². The van der Waals surface area contributed by atoms with Crippen molar-refractivity contribution in [2.24, 2.45) is 5.73 Å². The van der Waals surface area contributed by atoms with Crippen molar-refractivity contribution < 1.29 is 32.6 Å². The molecule has 0 heterocycles. The van der Waals surface area contributed by atoms with Crippen molar-refractivity contribution in [3.05, 3.63) is 23.8 Å². The molecule has 10 heteroatoms. The summed E-state index contributed by atoms with van der Waals surface area (Å²) in [6.45, 7) is -0.417. The fourth-order valence-corrected chi connectivity index (χ4v) is 2.59. The molecule has 1 amide bonds. The molecule has 0 unspecified atom stereocenters. The highest BCUT2D eigenvalue weighted by Crippen LogP contribution is 2.24. The molecule has 1 aromatic rings. The quantitative estimate of drug-likeness (QED) is 0.588. The second-order valence-corrected chi connectivity index (χ2v) is 5.47. The highest BCUT2D eigenvalue weighted by atomic mass is 32.2. The zero-order chi connectivity index (χ0) is 16.0. The van der Waals surface area contributed by atoms with Gasteiger partial charge >= 0.3 is 12.1 Å². The molecule has 1 aromatic carbocycles. The van der Waals surface area contributed by atoms with Gasteiger partial charge in [0.05, 0.1) is 12.7 Å². The molecular formula is C11H14N2O7S. The lowest BCUT2D eigenvalue weighted by Gasteiger charge is -2.11. The van der Waals surface area contributed by atoms with Crippen LogP contribution in [0, 0.1) is 0 Å². The van der Waals surface area contributed by atoms with Crippen LogP contribution in [0.5, 0.6) is 5.75 Å². The first-order chi connectivity index (χ1) is 9.77. The summed E-state index contributed by atoms with van der Waals surface area (Å²) in [6.07, 6.45) is -1.02. The summed E-state index contributed by atoms with van der Waals surface area (Å²) in [5.74, 6) is -1.32. The number of primary amides is 1. The molecule has 0 radical (unpaired) electrons. The first kappa shape index (κ1) is 16.7. The van der Waals surface area contributed by atoms with E-state index in [9.17, 15) is 18.0 Å². The largest absolute Gasteiger partial charge is 0.495 e. The smallest absolute Gasteiger partial charge is 0.404 e. The van der Waals surface area contributed by atoms with Gasteiger partial charge < -0.3 is 20.3 Å². The maximum Gasteiger partial charge on any atom is 0.404 e. The third-order valence-electron chi connectivity index (χ3n) is 2.34. The zero-order valence-electron chi connectivity index (χ0n) is 11.0. The Kier molecular flexibility index (Phi) is 5.50. The summed E-state index contributed by atoms with van der Waals surface area (Å²) in [6, 6.07) is 3.34. The number of carboxylic acids is 1. The molecule has 0 aliphatic heterocycles. The Bertz CT molecular complexity index is 642. The number of benzene rings is 1. The van der Waals surface area contributed by atoms with Crippen molar-refractivity contribution in [2.45, 2.75) is 4.90 Å². The van der Waals surface area contributed by atoms with Crippen molar-refractivity contribution >= 4 is 22.1 Å². The molecule has 1 rings (SSSR count). The van der Waals surface area contributed by atoms with Crippen molar-refractivity contribution in [3.8, 4) is 5.75 Å². The SMILES string of the molecule is COc1cc(C(=O)O)ccc1S(=O)(=O)NCCOC(N)=O. The molecule has 0 aliphatic carbocycles. The van der Waals surface area contributed by atoms with E-state index in [1.807, 2.05) is 0 Å². The van der Waals surface area contributed by atoms with Gasteiger partial charge in [-0.3, -0.25) is 0 Å². The molecule has 0 atom stereocenters. The molecule has 0 saturated carbocycles. The first-order valence-corrected chi connectivity index (χ1v) is 7.09. The Hall–Kier alpha value is -2.33. The lowest BCUT2D eigenvalue weighted by Crippen LogP contribution is -2.29. The van der Waals surface area contributed by atoms with E-state index in [-0.39, 0.29) is 29.4 Å². The summed E-state index contributed by atoms with van der Waals surface area (Å²) < 4.78 is 35.5. The number of amides is 1. The molecular weight excluding hydrogens is 304 g/mol. The lowest BCUT2D eigenvalue weighted by molar-refractivity contribution is 0.0696. The third kappa shape index (κ3) is 4.61. The van der Waals surface area contributed by atoms with Crippen LogP contribution in [0.4, 0.5) is 4.79 Å². The highest BCUT2D eigenvalue weighted by Gasteiger charge is 2.20. The number of methoxy groups -OCH3 is 1. The number of ether oxygens (including phenoxy) is 2. The van der Waals surface area contributed by atoms with Gasteiger partial charge in [0.25, 0.3) is 0 Å². The molecule has 4 N–H and O–H groups in total. The summed E-state index contributed by atoms with van der Waals surface area (Å²) >= 11 is 0. The van der Waals surface area contributed by atoms with Crippen LogP contribution in [0.1, 0.15) is 10.4 Å². The van der Waals surface area contributed by atoms with E-state index in [0.717, 1.165) is 18.2 Å². The van der Waals surface area contributed by atoms with Gasteiger partial charge in [0.1, 0.15) is 17.3 Å².